The number of ether oxygens (including phenoxy) is 1. The van der Waals surface area contributed by atoms with Crippen molar-refractivity contribution in [3.05, 3.63) is 29.3 Å². The van der Waals surface area contributed by atoms with Crippen LogP contribution in [0.25, 0.3) is 0 Å². The number of amides is 2. The molecule has 0 aromatic heterocycles. The van der Waals surface area contributed by atoms with Crippen LogP contribution in [0.1, 0.15) is 39.0 Å². The normalized spacial score (nSPS) is 10.4. The first-order valence-corrected chi connectivity index (χ1v) is 7.98. The topological polar surface area (TPSA) is 50.4 Å². The fraction of sp³-hybridized carbons (Fsp3) is 0.562. The van der Waals surface area contributed by atoms with E-state index >= 15 is 0 Å². The van der Waals surface area contributed by atoms with Gasteiger partial charge in [-0.2, -0.15) is 0 Å². The summed E-state index contributed by atoms with van der Waals surface area (Å²) in [7, 11) is 0. The van der Waals surface area contributed by atoms with E-state index in [2.05, 4.69) is 17.6 Å². The highest BCUT2D eigenvalue weighted by atomic mass is 35.5. The lowest BCUT2D eigenvalue weighted by Gasteiger charge is -2.08. The lowest BCUT2D eigenvalue weighted by atomic mass is 10.3. The first-order chi connectivity index (χ1) is 10.2. The van der Waals surface area contributed by atoms with Crippen LogP contribution in [0, 0.1) is 0 Å². The Balaban J connectivity index is 1.99. The minimum Gasteiger partial charge on any atom is -0.381 e. The second kappa shape index (κ2) is 11.4. The van der Waals surface area contributed by atoms with Crippen molar-refractivity contribution in [1.82, 2.24) is 5.32 Å². The smallest absolute Gasteiger partial charge is 0.319 e. The van der Waals surface area contributed by atoms with Crippen LogP contribution in [0.3, 0.4) is 0 Å². The number of carbonyl (C=O) groups excluding carboxylic acids is 1. The molecule has 0 bridgehead atoms. The molecule has 118 valence electrons. The quantitative estimate of drug-likeness (QED) is 0.627. The fourth-order valence-corrected chi connectivity index (χ4v) is 2.02. The molecule has 4 nitrogen and oxygen atoms in total. The van der Waals surface area contributed by atoms with E-state index in [1.54, 1.807) is 24.3 Å². The van der Waals surface area contributed by atoms with Gasteiger partial charge in [0.25, 0.3) is 0 Å². The molecule has 0 radical (unpaired) electrons. The molecule has 0 unspecified atom stereocenters. The Morgan fingerprint density at radius 2 is 1.95 bits per heavy atom. The highest BCUT2D eigenvalue weighted by Crippen LogP contribution is 2.14. The zero-order valence-electron chi connectivity index (χ0n) is 12.7. The van der Waals surface area contributed by atoms with E-state index in [-0.39, 0.29) is 6.03 Å². The zero-order chi connectivity index (χ0) is 15.3. The fourth-order valence-electron chi connectivity index (χ4n) is 1.83. The van der Waals surface area contributed by atoms with Gasteiger partial charge in [0.2, 0.25) is 0 Å². The van der Waals surface area contributed by atoms with Crippen molar-refractivity contribution in [1.29, 1.82) is 0 Å². The second-order valence-corrected chi connectivity index (χ2v) is 5.35. The monoisotopic (exact) mass is 312 g/mol. The van der Waals surface area contributed by atoms with Crippen molar-refractivity contribution in [2.75, 3.05) is 25.1 Å². The molecule has 5 heteroatoms. The van der Waals surface area contributed by atoms with Gasteiger partial charge in [0.1, 0.15) is 0 Å². The van der Waals surface area contributed by atoms with Crippen molar-refractivity contribution in [3.8, 4) is 0 Å². The number of rotatable bonds is 10. The third-order valence-corrected chi connectivity index (χ3v) is 3.21. The van der Waals surface area contributed by atoms with E-state index in [0.717, 1.165) is 32.5 Å². The maximum Gasteiger partial charge on any atom is 0.319 e. The maximum absolute atomic E-state index is 11.6. The second-order valence-electron chi connectivity index (χ2n) is 4.92. The molecule has 21 heavy (non-hydrogen) atoms. The maximum atomic E-state index is 11.6. The number of carbonyl (C=O) groups is 1. The Morgan fingerprint density at radius 3 is 2.67 bits per heavy atom. The van der Waals surface area contributed by atoms with Gasteiger partial charge in [-0.1, -0.05) is 37.4 Å². The summed E-state index contributed by atoms with van der Waals surface area (Å²) in [6, 6.07) is 6.88. The molecule has 1 aromatic rings. The summed E-state index contributed by atoms with van der Waals surface area (Å²) in [4.78, 5) is 11.6. The molecule has 1 rings (SSSR count). The minimum absolute atomic E-state index is 0.207. The Kier molecular flexibility index (Phi) is 9.66. The average Bonchev–Trinajstić information content (AvgIpc) is 2.45. The van der Waals surface area contributed by atoms with E-state index in [0.29, 0.717) is 17.3 Å². The van der Waals surface area contributed by atoms with Gasteiger partial charge in [0.15, 0.2) is 0 Å². The molecule has 0 fully saturated rings. The van der Waals surface area contributed by atoms with Crippen LogP contribution in [-0.2, 0) is 4.74 Å². The third kappa shape index (κ3) is 9.32. The molecule has 0 atom stereocenters. The van der Waals surface area contributed by atoms with E-state index in [4.69, 9.17) is 16.3 Å². The van der Waals surface area contributed by atoms with Crippen LogP contribution in [0.2, 0.25) is 5.02 Å². The lowest BCUT2D eigenvalue weighted by molar-refractivity contribution is 0.126. The Morgan fingerprint density at radius 1 is 1.19 bits per heavy atom. The Labute approximate surface area is 132 Å². The molecule has 0 aliphatic heterocycles. The summed E-state index contributed by atoms with van der Waals surface area (Å²) in [6.45, 7) is 4.43. The van der Waals surface area contributed by atoms with E-state index in [1.807, 2.05) is 0 Å². The molecule has 1 aromatic carbocycles. The number of hydrogen-bond donors (Lipinski definition) is 2. The summed E-state index contributed by atoms with van der Waals surface area (Å²) in [5.41, 5.74) is 0.694. The van der Waals surface area contributed by atoms with Crippen LogP contribution in [0.15, 0.2) is 24.3 Å². The van der Waals surface area contributed by atoms with Crippen molar-refractivity contribution in [2.45, 2.75) is 39.0 Å². The highest BCUT2D eigenvalue weighted by molar-refractivity contribution is 6.30. The summed E-state index contributed by atoms with van der Waals surface area (Å²) in [5, 5.41) is 6.16. The number of unbranched alkanes of at least 4 members (excludes halogenated alkanes) is 3. The van der Waals surface area contributed by atoms with Crippen LogP contribution in [-0.4, -0.2) is 25.8 Å². The van der Waals surface area contributed by atoms with Crippen molar-refractivity contribution < 1.29 is 9.53 Å². The van der Waals surface area contributed by atoms with Gasteiger partial charge in [0.05, 0.1) is 0 Å². The van der Waals surface area contributed by atoms with Gasteiger partial charge in [-0.15, -0.1) is 0 Å². The summed E-state index contributed by atoms with van der Waals surface area (Å²) in [6.07, 6.45) is 5.46. The molecule has 0 saturated heterocycles. The Hall–Kier alpha value is -1.26. The molecular formula is C16H25ClN2O2. The van der Waals surface area contributed by atoms with Crippen LogP contribution in [0.4, 0.5) is 10.5 Å². The predicted molar refractivity (Wildman–Crippen MR) is 88.1 cm³/mol. The molecular weight excluding hydrogens is 288 g/mol. The standard InChI is InChI=1S/C16H25ClN2O2/c1-2-3-5-11-21-12-6-4-10-18-16(20)19-15-9-7-8-14(17)13-15/h7-9,13H,2-6,10-12H2,1H3,(H2,18,19,20). The lowest BCUT2D eigenvalue weighted by Crippen LogP contribution is -2.29. The molecule has 0 aliphatic carbocycles. The number of anilines is 1. The van der Waals surface area contributed by atoms with Crippen LogP contribution in [0.5, 0.6) is 0 Å². The first kappa shape index (κ1) is 17.8. The van der Waals surface area contributed by atoms with E-state index in [1.165, 1.54) is 12.8 Å². The molecule has 0 heterocycles. The number of halogens is 1. The van der Waals surface area contributed by atoms with Gasteiger partial charge < -0.3 is 15.4 Å². The molecule has 0 spiro atoms. The molecule has 0 saturated carbocycles. The number of urea groups is 1. The van der Waals surface area contributed by atoms with Crippen molar-refractivity contribution in [2.24, 2.45) is 0 Å². The summed E-state index contributed by atoms with van der Waals surface area (Å²) >= 11 is 5.85. The van der Waals surface area contributed by atoms with Crippen LogP contribution >= 0.6 is 11.6 Å². The van der Waals surface area contributed by atoms with E-state index in [9.17, 15) is 4.79 Å². The van der Waals surface area contributed by atoms with Gasteiger partial charge in [-0.3, -0.25) is 0 Å². The Bertz CT molecular complexity index is 413. The minimum atomic E-state index is -0.207. The van der Waals surface area contributed by atoms with Crippen LogP contribution < -0.4 is 10.6 Å². The highest BCUT2D eigenvalue weighted by Gasteiger charge is 2.01. The third-order valence-electron chi connectivity index (χ3n) is 2.98. The number of hydrogen-bond acceptors (Lipinski definition) is 2. The van der Waals surface area contributed by atoms with Gasteiger partial charge in [-0.25, -0.2) is 4.79 Å². The summed E-state index contributed by atoms with van der Waals surface area (Å²) in [5.74, 6) is 0. The molecule has 2 N–H and O–H groups in total. The number of nitrogens with one attached hydrogen (secondary N) is 2. The van der Waals surface area contributed by atoms with Crippen molar-refractivity contribution >= 4 is 23.3 Å². The van der Waals surface area contributed by atoms with Gasteiger partial charge in [-0.05, 0) is 37.5 Å². The van der Waals surface area contributed by atoms with E-state index < -0.39 is 0 Å². The SMILES string of the molecule is CCCCCOCCCCNC(=O)Nc1cccc(Cl)c1. The largest absolute Gasteiger partial charge is 0.381 e. The first-order valence-electron chi connectivity index (χ1n) is 7.60. The molecule has 2 amide bonds. The summed E-state index contributed by atoms with van der Waals surface area (Å²) < 4.78 is 5.51. The van der Waals surface area contributed by atoms with Crippen molar-refractivity contribution in [3.63, 3.8) is 0 Å². The zero-order valence-corrected chi connectivity index (χ0v) is 13.4. The average molecular weight is 313 g/mol. The number of benzene rings is 1. The predicted octanol–water partition coefficient (Wildman–Crippen LogP) is 4.45. The van der Waals surface area contributed by atoms with Gasteiger partial charge in [0, 0.05) is 30.5 Å². The van der Waals surface area contributed by atoms with Gasteiger partial charge >= 0.3 is 6.03 Å². The molecule has 0 aliphatic rings.